The second-order valence-electron chi connectivity index (χ2n) is 7.07. The van der Waals surface area contributed by atoms with Gasteiger partial charge in [-0.2, -0.15) is 4.98 Å². The van der Waals surface area contributed by atoms with Gasteiger partial charge in [0.05, 0.1) is 19.1 Å². The molecule has 0 spiro atoms. The second kappa shape index (κ2) is 8.14. The van der Waals surface area contributed by atoms with E-state index in [1.807, 2.05) is 4.90 Å². The number of benzene rings is 1. The van der Waals surface area contributed by atoms with Crippen molar-refractivity contribution >= 4 is 5.91 Å². The van der Waals surface area contributed by atoms with Crippen molar-refractivity contribution in [3.63, 3.8) is 0 Å². The van der Waals surface area contributed by atoms with E-state index in [2.05, 4.69) is 15.5 Å². The lowest BCUT2D eigenvalue weighted by Gasteiger charge is -2.33. The third-order valence-corrected chi connectivity index (χ3v) is 5.09. The fourth-order valence-corrected chi connectivity index (χ4v) is 3.61. The first-order valence-electron chi connectivity index (χ1n) is 9.37. The number of carbonyl (C=O) groups is 1. The number of hydrogen-bond donors (Lipinski definition) is 1. The third kappa shape index (κ3) is 4.33. The van der Waals surface area contributed by atoms with Gasteiger partial charge in [-0.25, -0.2) is 4.39 Å². The predicted octanol–water partition coefficient (Wildman–Crippen LogP) is 1.96. The Hall–Kier alpha value is -2.32. The summed E-state index contributed by atoms with van der Waals surface area (Å²) in [7, 11) is 0. The zero-order valence-electron chi connectivity index (χ0n) is 15.1. The van der Waals surface area contributed by atoms with E-state index in [4.69, 9.17) is 9.26 Å². The zero-order valence-corrected chi connectivity index (χ0v) is 15.1. The molecule has 0 radical (unpaired) electrons. The molecule has 1 aromatic heterocycles. The smallest absolute Gasteiger partial charge is 0.231 e. The van der Waals surface area contributed by atoms with Crippen LogP contribution < -0.4 is 5.32 Å². The first-order chi connectivity index (χ1) is 13.2. The molecule has 0 aliphatic carbocycles. The van der Waals surface area contributed by atoms with E-state index in [1.165, 1.54) is 12.1 Å². The fraction of sp³-hybridized carbons (Fsp3) is 0.526. The van der Waals surface area contributed by atoms with Crippen molar-refractivity contribution in [2.45, 2.75) is 31.2 Å². The number of nitrogens with zero attached hydrogens (tertiary/aromatic N) is 3. The molecule has 0 bridgehead atoms. The summed E-state index contributed by atoms with van der Waals surface area (Å²) in [5.74, 6) is 0.825. The van der Waals surface area contributed by atoms with Gasteiger partial charge >= 0.3 is 0 Å². The van der Waals surface area contributed by atoms with Crippen LogP contribution in [0, 0.1) is 5.82 Å². The molecule has 144 valence electrons. The molecule has 8 heteroatoms. The third-order valence-electron chi connectivity index (χ3n) is 5.09. The maximum absolute atomic E-state index is 13.1. The Labute approximate surface area is 156 Å². The molecule has 27 heavy (non-hydrogen) atoms. The van der Waals surface area contributed by atoms with Crippen molar-refractivity contribution in [1.82, 2.24) is 20.4 Å². The highest BCUT2D eigenvalue weighted by Crippen LogP contribution is 2.28. The normalized spacial score (nSPS) is 23.4. The summed E-state index contributed by atoms with van der Waals surface area (Å²) < 4.78 is 23.9. The lowest BCUT2D eigenvalue weighted by atomic mass is 9.97. The van der Waals surface area contributed by atoms with Crippen LogP contribution in [0.3, 0.4) is 0 Å². The Bertz CT molecular complexity index is 774. The van der Waals surface area contributed by atoms with Crippen molar-refractivity contribution in [1.29, 1.82) is 0 Å². The molecular formula is C19H23FN4O3. The molecule has 0 saturated carbocycles. The highest BCUT2D eigenvalue weighted by atomic mass is 19.1. The number of aromatic nitrogens is 2. The molecule has 1 amide bonds. The highest BCUT2D eigenvalue weighted by molar-refractivity contribution is 5.77. The minimum atomic E-state index is -0.304. The zero-order chi connectivity index (χ0) is 18.6. The van der Waals surface area contributed by atoms with Crippen LogP contribution >= 0.6 is 0 Å². The molecule has 2 unspecified atom stereocenters. The van der Waals surface area contributed by atoms with Crippen LogP contribution in [0.15, 0.2) is 28.8 Å². The van der Waals surface area contributed by atoms with Gasteiger partial charge in [-0.05, 0) is 37.1 Å². The topological polar surface area (TPSA) is 80.5 Å². The molecule has 1 N–H and O–H groups in total. The summed E-state index contributed by atoms with van der Waals surface area (Å²) in [6.07, 6.45) is 2.25. The Morgan fingerprint density at radius 3 is 2.96 bits per heavy atom. The number of carbonyl (C=O) groups excluding carboxylic acids is 1. The first kappa shape index (κ1) is 18.1. The Balaban J connectivity index is 1.39. The molecule has 2 aliphatic heterocycles. The van der Waals surface area contributed by atoms with Crippen LogP contribution in [0.4, 0.5) is 4.39 Å². The first-order valence-corrected chi connectivity index (χ1v) is 9.37. The van der Waals surface area contributed by atoms with Gasteiger partial charge in [0.15, 0.2) is 0 Å². The molecular weight excluding hydrogens is 351 g/mol. The molecule has 2 aromatic rings. The van der Waals surface area contributed by atoms with E-state index < -0.39 is 0 Å². The van der Waals surface area contributed by atoms with Crippen LogP contribution in [-0.2, 0) is 9.53 Å². The second-order valence-corrected chi connectivity index (χ2v) is 7.07. The van der Waals surface area contributed by atoms with Gasteiger partial charge in [-0.3, -0.25) is 4.79 Å². The highest BCUT2D eigenvalue weighted by Gasteiger charge is 2.30. The van der Waals surface area contributed by atoms with E-state index in [1.54, 1.807) is 12.1 Å². The van der Waals surface area contributed by atoms with Gasteiger partial charge in [0, 0.05) is 37.7 Å². The maximum atomic E-state index is 13.1. The van der Waals surface area contributed by atoms with E-state index in [9.17, 15) is 9.18 Å². The summed E-state index contributed by atoms with van der Waals surface area (Å²) >= 11 is 0. The van der Waals surface area contributed by atoms with Gasteiger partial charge in [0.2, 0.25) is 17.6 Å². The van der Waals surface area contributed by atoms with Gasteiger partial charge in [0.1, 0.15) is 5.82 Å². The Kier molecular flexibility index (Phi) is 5.45. The van der Waals surface area contributed by atoms with Crippen LogP contribution in [0.2, 0.25) is 0 Å². The summed E-state index contributed by atoms with van der Waals surface area (Å²) in [5, 5.41) is 7.33. The molecule has 1 aromatic carbocycles. The fourth-order valence-electron chi connectivity index (χ4n) is 3.61. The minimum Gasteiger partial charge on any atom is -0.378 e. The van der Waals surface area contributed by atoms with Gasteiger partial charge in [-0.15, -0.1) is 0 Å². The molecule has 2 aliphatic rings. The number of rotatable bonds is 4. The maximum Gasteiger partial charge on any atom is 0.231 e. The van der Waals surface area contributed by atoms with E-state index in [-0.39, 0.29) is 23.7 Å². The van der Waals surface area contributed by atoms with Crippen molar-refractivity contribution in [2.24, 2.45) is 0 Å². The summed E-state index contributed by atoms with van der Waals surface area (Å²) in [5.41, 5.74) is 0.707. The number of halogens is 1. The SMILES string of the molecule is O=C(CC1COCCN1)N1CCCC(c2nc(-c3ccc(F)cc3)no2)C1. The number of piperidine rings is 1. The number of morpholine rings is 1. The average Bonchev–Trinajstić information content (AvgIpc) is 3.20. The molecule has 2 atom stereocenters. The van der Waals surface area contributed by atoms with Crippen LogP contribution in [-0.4, -0.2) is 59.8 Å². The lowest BCUT2D eigenvalue weighted by molar-refractivity contribution is -0.133. The number of hydrogen-bond acceptors (Lipinski definition) is 6. The minimum absolute atomic E-state index is 0.0277. The van der Waals surface area contributed by atoms with Gasteiger partial charge in [-0.1, -0.05) is 5.16 Å². The average molecular weight is 374 g/mol. The van der Waals surface area contributed by atoms with Gasteiger partial charge in [0.25, 0.3) is 0 Å². The number of nitrogens with one attached hydrogen (secondary N) is 1. The summed E-state index contributed by atoms with van der Waals surface area (Å²) in [4.78, 5) is 19.0. The Morgan fingerprint density at radius 1 is 1.33 bits per heavy atom. The molecule has 4 rings (SSSR count). The van der Waals surface area contributed by atoms with E-state index in [0.717, 1.165) is 25.9 Å². The van der Waals surface area contributed by atoms with Crippen LogP contribution in [0.1, 0.15) is 31.1 Å². The molecule has 2 saturated heterocycles. The molecule has 7 nitrogen and oxygen atoms in total. The largest absolute Gasteiger partial charge is 0.378 e. The van der Waals surface area contributed by atoms with Crippen molar-refractivity contribution in [3.8, 4) is 11.4 Å². The van der Waals surface area contributed by atoms with Crippen molar-refractivity contribution < 1.29 is 18.4 Å². The monoisotopic (exact) mass is 374 g/mol. The molecule has 3 heterocycles. The van der Waals surface area contributed by atoms with Crippen LogP contribution in [0.25, 0.3) is 11.4 Å². The molecule has 2 fully saturated rings. The van der Waals surface area contributed by atoms with Crippen LogP contribution in [0.5, 0.6) is 0 Å². The number of amides is 1. The van der Waals surface area contributed by atoms with Crippen molar-refractivity contribution in [2.75, 3.05) is 32.8 Å². The standard InChI is InChI=1S/C19H23FN4O3/c20-15-5-3-13(4-6-15)18-22-19(27-23-18)14-2-1-8-24(11-14)17(25)10-16-12-26-9-7-21-16/h3-6,14,16,21H,1-2,7-12H2. The number of ether oxygens (including phenoxy) is 1. The summed E-state index contributed by atoms with van der Waals surface area (Å²) in [6, 6.07) is 6.07. The summed E-state index contributed by atoms with van der Waals surface area (Å²) in [6.45, 7) is 3.39. The quantitative estimate of drug-likeness (QED) is 0.881. The van der Waals surface area contributed by atoms with Gasteiger partial charge < -0.3 is 19.5 Å². The van der Waals surface area contributed by atoms with Crippen molar-refractivity contribution in [3.05, 3.63) is 36.0 Å². The predicted molar refractivity (Wildman–Crippen MR) is 95.5 cm³/mol. The number of likely N-dealkylation sites (tertiary alicyclic amines) is 1. The van der Waals surface area contributed by atoms with E-state index >= 15 is 0 Å². The van der Waals surface area contributed by atoms with E-state index in [0.29, 0.717) is 43.5 Å². The lowest BCUT2D eigenvalue weighted by Crippen LogP contribution is -2.46. The Morgan fingerprint density at radius 2 is 2.19 bits per heavy atom.